The van der Waals surface area contributed by atoms with E-state index < -0.39 is 0 Å². The first-order valence-electron chi connectivity index (χ1n) is 6.59. The Bertz CT molecular complexity index is 540. The maximum Gasteiger partial charge on any atom is 0.0955 e. The summed E-state index contributed by atoms with van der Waals surface area (Å²) in [5.41, 5.74) is 3.50. The van der Waals surface area contributed by atoms with Crippen LogP contribution in [0.3, 0.4) is 0 Å². The summed E-state index contributed by atoms with van der Waals surface area (Å²) in [6, 6.07) is 7.13. The molecule has 2 aromatic rings. The van der Waals surface area contributed by atoms with Gasteiger partial charge in [0.05, 0.1) is 17.4 Å². The highest BCUT2D eigenvalue weighted by Crippen LogP contribution is 2.21. The van der Waals surface area contributed by atoms with Crippen molar-refractivity contribution in [2.75, 3.05) is 25.0 Å². The lowest BCUT2D eigenvalue weighted by Gasteiger charge is -2.23. The molecule has 1 N–H and O–H groups in total. The molecule has 1 aliphatic rings. The van der Waals surface area contributed by atoms with Gasteiger partial charge in [-0.2, -0.15) is 0 Å². The monoisotopic (exact) mass is 244 g/mol. The van der Waals surface area contributed by atoms with Crippen molar-refractivity contribution in [2.45, 2.75) is 18.9 Å². The van der Waals surface area contributed by atoms with Gasteiger partial charge < -0.3 is 14.8 Å². The van der Waals surface area contributed by atoms with Crippen molar-refractivity contribution in [3.05, 3.63) is 24.5 Å². The van der Waals surface area contributed by atoms with Crippen LogP contribution in [0.1, 0.15) is 12.8 Å². The van der Waals surface area contributed by atoms with Gasteiger partial charge in [0.2, 0.25) is 0 Å². The van der Waals surface area contributed by atoms with Crippen LogP contribution in [0.4, 0.5) is 5.69 Å². The molecule has 1 fully saturated rings. The molecule has 1 aromatic carbocycles. The zero-order chi connectivity index (χ0) is 12.5. The number of aromatic nitrogens is 2. The van der Waals surface area contributed by atoms with Crippen LogP contribution < -0.4 is 10.2 Å². The zero-order valence-corrected chi connectivity index (χ0v) is 11.1. The Morgan fingerprint density at radius 1 is 1.50 bits per heavy atom. The first-order valence-corrected chi connectivity index (χ1v) is 6.59. The standard InChI is InChI=1S/C14H20N4/c1-17(9-11-4-3-7-15-11)12-5-6-14-13(8-12)16-10-18(14)2/h5-6,8,10-11,15H,3-4,7,9H2,1-2H3. The average molecular weight is 244 g/mol. The Morgan fingerprint density at radius 2 is 2.39 bits per heavy atom. The van der Waals surface area contributed by atoms with E-state index in [0.29, 0.717) is 6.04 Å². The van der Waals surface area contributed by atoms with Crippen LogP contribution in [-0.4, -0.2) is 35.7 Å². The lowest BCUT2D eigenvalue weighted by molar-refractivity contribution is 0.600. The Morgan fingerprint density at radius 3 is 3.17 bits per heavy atom. The van der Waals surface area contributed by atoms with Crippen LogP contribution in [-0.2, 0) is 7.05 Å². The first kappa shape index (κ1) is 11.5. The van der Waals surface area contributed by atoms with Crippen molar-refractivity contribution in [3.8, 4) is 0 Å². The molecule has 2 heterocycles. The summed E-state index contributed by atoms with van der Waals surface area (Å²) in [5.74, 6) is 0. The third-order valence-corrected chi connectivity index (χ3v) is 3.81. The van der Waals surface area contributed by atoms with Crippen LogP contribution >= 0.6 is 0 Å². The molecule has 0 amide bonds. The number of aryl methyl sites for hydroxylation is 1. The molecular weight excluding hydrogens is 224 g/mol. The SMILES string of the molecule is CN(CC1CCCN1)c1ccc2c(c1)ncn2C. The number of hydrogen-bond donors (Lipinski definition) is 1. The van der Waals surface area contributed by atoms with Gasteiger partial charge in [-0.3, -0.25) is 0 Å². The van der Waals surface area contributed by atoms with E-state index in [4.69, 9.17) is 0 Å². The molecule has 1 unspecified atom stereocenters. The average Bonchev–Trinajstić information content (AvgIpc) is 2.99. The van der Waals surface area contributed by atoms with Crippen molar-refractivity contribution >= 4 is 16.7 Å². The van der Waals surface area contributed by atoms with Gasteiger partial charge in [0.1, 0.15) is 0 Å². The highest BCUT2D eigenvalue weighted by molar-refractivity contribution is 5.79. The molecular formula is C14H20N4. The van der Waals surface area contributed by atoms with E-state index >= 15 is 0 Å². The maximum absolute atomic E-state index is 4.41. The molecule has 96 valence electrons. The summed E-state index contributed by atoms with van der Waals surface area (Å²) in [6.45, 7) is 2.23. The fourth-order valence-corrected chi connectivity index (χ4v) is 2.71. The van der Waals surface area contributed by atoms with E-state index in [-0.39, 0.29) is 0 Å². The predicted octanol–water partition coefficient (Wildman–Crippen LogP) is 1.76. The van der Waals surface area contributed by atoms with E-state index in [1.165, 1.54) is 24.0 Å². The smallest absolute Gasteiger partial charge is 0.0955 e. The number of rotatable bonds is 3. The molecule has 1 aliphatic heterocycles. The molecule has 4 heteroatoms. The van der Waals surface area contributed by atoms with E-state index in [0.717, 1.165) is 18.6 Å². The Kier molecular flexibility index (Phi) is 2.96. The van der Waals surface area contributed by atoms with Gasteiger partial charge in [-0.05, 0) is 37.6 Å². The van der Waals surface area contributed by atoms with Crippen LogP contribution in [0.5, 0.6) is 0 Å². The minimum absolute atomic E-state index is 0.634. The molecule has 0 bridgehead atoms. The summed E-state index contributed by atoms with van der Waals surface area (Å²) < 4.78 is 2.05. The van der Waals surface area contributed by atoms with Gasteiger partial charge in [-0.1, -0.05) is 0 Å². The number of likely N-dealkylation sites (N-methyl/N-ethyl adjacent to an activating group) is 1. The second kappa shape index (κ2) is 4.61. The minimum atomic E-state index is 0.634. The molecule has 1 saturated heterocycles. The van der Waals surface area contributed by atoms with Gasteiger partial charge in [0.25, 0.3) is 0 Å². The molecule has 1 aromatic heterocycles. The van der Waals surface area contributed by atoms with E-state index in [9.17, 15) is 0 Å². The van der Waals surface area contributed by atoms with Crippen LogP contribution in [0.25, 0.3) is 11.0 Å². The number of nitrogens with one attached hydrogen (secondary N) is 1. The highest BCUT2D eigenvalue weighted by atomic mass is 15.1. The largest absolute Gasteiger partial charge is 0.373 e. The van der Waals surface area contributed by atoms with Crippen molar-refractivity contribution in [2.24, 2.45) is 7.05 Å². The fourth-order valence-electron chi connectivity index (χ4n) is 2.71. The number of benzene rings is 1. The second-order valence-electron chi connectivity index (χ2n) is 5.20. The number of hydrogen-bond acceptors (Lipinski definition) is 3. The Balaban J connectivity index is 1.80. The third-order valence-electron chi connectivity index (χ3n) is 3.81. The molecule has 1 atom stereocenters. The molecule has 0 spiro atoms. The second-order valence-corrected chi connectivity index (χ2v) is 5.20. The van der Waals surface area contributed by atoms with Crippen LogP contribution in [0.15, 0.2) is 24.5 Å². The van der Waals surface area contributed by atoms with Crippen LogP contribution in [0.2, 0.25) is 0 Å². The van der Waals surface area contributed by atoms with Crippen LogP contribution in [0, 0.1) is 0 Å². The quantitative estimate of drug-likeness (QED) is 0.893. The van der Waals surface area contributed by atoms with Crippen molar-refractivity contribution in [3.63, 3.8) is 0 Å². The molecule has 3 rings (SSSR count). The third kappa shape index (κ3) is 2.08. The van der Waals surface area contributed by atoms with Gasteiger partial charge in [0, 0.05) is 32.4 Å². The number of anilines is 1. The molecule has 18 heavy (non-hydrogen) atoms. The number of nitrogens with zero attached hydrogens (tertiary/aromatic N) is 3. The summed E-state index contributed by atoms with van der Waals surface area (Å²) in [7, 11) is 4.19. The van der Waals surface area contributed by atoms with Gasteiger partial charge in [0.15, 0.2) is 0 Å². The first-order chi connectivity index (χ1) is 8.74. The zero-order valence-electron chi connectivity index (χ0n) is 11.1. The summed E-state index contributed by atoms with van der Waals surface area (Å²) >= 11 is 0. The van der Waals surface area contributed by atoms with E-state index in [1.807, 2.05) is 13.4 Å². The summed E-state index contributed by atoms with van der Waals surface area (Å²) in [6.07, 6.45) is 4.46. The van der Waals surface area contributed by atoms with Crippen molar-refractivity contribution in [1.29, 1.82) is 0 Å². The van der Waals surface area contributed by atoms with Crippen molar-refractivity contribution in [1.82, 2.24) is 14.9 Å². The lowest BCUT2D eigenvalue weighted by Crippen LogP contribution is -2.35. The molecule has 4 nitrogen and oxygen atoms in total. The van der Waals surface area contributed by atoms with E-state index in [2.05, 4.69) is 45.0 Å². The summed E-state index contributed by atoms with van der Waals surface area (Å²) in [5, 5.41) is 3.54. The molecule has 0 aliphatic carbocycles. The van der Waals surface area contributed by atoms with Gasteiger partial charge in [-0.15, -0.1) is 0 Å². The normalized spacial score (nSPS) is 19.6. The molecule has 0 saturated carbocycles. The van der Waals surface area contributed by atoms with Gasteiger partial charge >= 0.3 is 0 Å². The maximum atomic E-state index is 4.41. The van der Waals surface area contributed by atoms with E-state index in [1.54, 1.807) is 0 Å². The molecule has 0 radical (unpaired) electrons. The Hall–Kier alpha value is -1.55. The fraction of sp³-hybridized carbons (Fsp3) is 0.500. The summed E-state index contributed by atoms with van der Waals surface area (Å²) in [4.78, 5) is 6.73. The minimum Gasteiger partial charge on any atom is -0.373 e. The lowest BCUT2D eigenvalue weighted by atomic mass is 10.2. The predicted molar refractivity (Wildman–Crippen MR) is 75.0 cm³/mol. The number of fused-ring (bicyclic) bond motifs is 1. The van der Waals surface area contributed by atoms with Crippen molar-refractivity contribution < 1.29 is 0 Å². The highest BCUT2D eigenvalue weighted by Gasteiger charge is 2.16. The Labute approximate surface area is 108 Å². The number of imidazole rings is 1. The van der Waals surface area contributed by atoms with Gasteiger partial charge in [-0.25, -0.2) is 4.98 Å². The topological polar surface area (TPSA) is 33.1 Å².